The number of hydrogen-bond acceptors (Lipinski definition) is 6. The van der Waals surface area contributed by atoms with Gasteiger partial charge in [-0.3, -0.25) is 10.1 Å². The summed E-state index contributed by atoms with van der Waals surface area (Å²) < 4.78 is 5.07. The van der Waals surface area contributed by atoms with E-state index in [1.807, 2.05) is 30.3 Å². The number of thiazole rings is 1. The fourth-order valence-electron chi connectivity index (χ4n) is 1.67. The second-order valence-corrected chi connectivity index (χ2v) is 5.07. The number of carbonyl (C=O) groups is 1. The van der Waals surface area contributed by atoms with Crippen LogP contribution in [-0.2, 0) is 11.3 Å². The molecule has 1 aromatic carbocycles. The van der Waals surface area contributed by atoms with Crippen molar-refractivity contribution in [3.05, 3.63) is 52.6 Å². The number of aromatic nitrogens is 3. The Labute approximate surface area is 122 Å². The minimum absolute atomic E-state index is 0.163. The lowest BCUT2D eigenvalue weighted by Crippen LogP contribution is -2.13. The van der Waals surface area contributed by atoms with Crippen LogP contribution >= 0.6 is 11.3 Å². The normalized spacial score (nSPS) is 10.5. The van der Waals surface area contributed by atoms with E-state index in [4.69, 9.17) is 4.74 Å². The molecule has 21 heavy (non-hydrogen) atoms. The first-order valence-corrected chi connectivity index (χ1v) is 6.86. The lowest BCUT2D eigenvalue weighted by atomic mass is 10.2. The Morgan fingerprint density at radius 1 is 1.33 bits per heavy atom. The molecule has 0 aliphatic heterocycles. The molecule has 0 atom stereocenters. The molecule has 1 amide bonds. The molecule has 0 fully saturated rings. The van der Waals surface area contributed by atoms with Gasteiger partial charge in [-0.05, 0) is 5.56 Å². The Balaban J connectivity index is 1.66. The van der Waals surface area contributed by atoms with Gasteiger partial charge in [0.25, 0.3) is 5.56 Å². The second-order valence-electron chi connectivity index (χ2n) is 4.09. The SMILES string of the molecule is O=C(Nc1nc2c(=O)[nH]cnc2s1)OCc1ccccc1. The van der Waals surface area contributed by atoms with Crippen molar-refractivity contribution in [3.63, 3.8) is 0 Å². The number of aromatic amines is 1. The van der Waals surface area contributed by atoms with Crippen LogP contribution in [0.4, 0.5) is 9.93 Å². The van der Waals surface area contributed by atoms with E-state index in [1.165, 1.54) is 6.33 Å². The van der Waals surface area contributed by atoms with Crippen molar-refractivity contribution in [2.24, 2.45) is 0 Å². The summed E-state index contributed by atoms with van der Waals surface area (Å²) in [7, 11) is 0. The van der Waals surface area contributed by atoms with Crippen LogP contribution in [0.15, 0.2) is 41.5 Å². The summed E-state index contributed by atoms with van der Waals surface area (Å²) in [5, 5.41) is 2.75. The van der Waals surface area contributed by atoms with E-state index in [9.17, 15) is 9.59 Å². The van der Waals surface area contributed by atoms with Gasteiger partial charge < -0.3 is 9.72 Å². The molecule has 0 aliphatic rings. The van der Waals surface area contributed by atoms with Crippen LogP contribution in [0.1, 0.15) is 5.56 Å². The van der Waals surface area contributed by atoms with Crippen LogP contribution < -0.4 is 10.9 Å². The molecule has 0 unspecified atom stereocenters. The number of H-pyrrole nitrogens is 1. The first-order chi connectivity index (χ1) is 10.2. The van der Waals surface area contributed by atoms with Crippen LogP contribution in [0.3, 0.4) is 0 Å². The third-order valence-electron chi connectivity index (χ3n) is 2.62. The van der Waals surface area contributed by atoms with E-state index in [0.29, 0.717) is 4.83 Å². The molecule has 3 aromatic rings. The van der Waals surface area contributed by atoms with Crippen molar-refractivity contribution in [3.8, 4) is 0 Å². The number of nitrogens with one attached hydrogen (secondary N) is 2. The lowest BCUT2D eigenvalue weighted by Gasteiger charge is -2.04. The zero-order chi connectivity index (χ0) is 14.7. The molecule has 0 saturated carbocycles. The standard InChI is InChI=1S/C13H10N4O3S/c18-10-9-11(15-7-14-10)21-12(16-9)17-13(19)20-6-8-4-2-1-3-5-8/h1-5,7H,6H2,(H,14,15,18)(H,16,17,19). The molecular formula is C13H10N4O3S. The molecule has 2 aromatic heterocycles. The Morgan fingerprint density at radius 3 is 2.90 bits per heavy atom. The van der Waals surface area contributed by atoms with Crippen LogP contribution in [-0.4, -0.2) is 21.0 Å². The highest BCUT2D eigenvalue weighted by molar-refractivity contribution is 7.21. The minimum atomic E-state index is -0.630. The molecule has 0 radical (unpaired) electrons. The zero-order valence-electron chi connectivity index (χ0n) is 10.7. The summed E-state index contributed by atoms with van der Waals surface area (Å²) in [5.74, 6) is 0. The molecule has 3 rings (SSSR count). The third-order valence-corrected chi connectivity index (χ3v) is 3.50. The summed E-state index contributed by atoms with van der Waals surface area (Å²) in [5.41, 5.74) is 0.734. The van der Waals surface area contributed by atoms with Gasteiger partial charge in [-0.1, -0.05) is 41.7 Å². The Hall–Kier alpha value is -2.74. The van der Waals surface area contributed by atoms with Crippen molar-refractivity contribution in [1.82, 2.24) is 15.0 Å². The topological polar surface area (TPSA) is 97.0 Å². The highest BCUT2D eigenvalue weighted by Gasteiger charge is 2.11. The van der Waals surface area contributed by atoms with Crippen LogP contribution in [0.5, 0.6) is 0 Å². The van der Waals surface area contributed by atoms with Crippen molar-refractivity contribution in [2.75, 3.05) is 5.32 Å². The smallest absolute Gasteiger partial charge is 0.413 e. The van der Waals surface area contributed by atoms with E-state index in [1.54, 1.807) is 0 Å². The Bertz CT molecular complexity index is 828. The third kappa shape index (κ3) is 3.06. The van der Waals surface area contributed by atoms with Gasteiger partial charge in [0.15, 0.2) is 15.5 Å². The number of rotatable bonds is 3. The van der Waals surface area contributed by atoms with Gasteiger partial charge in [0.05, 0.1) is 6.33 Å². The lowest BCUT2D eigenvalue weighted by molar-refractivity contribution is 0.155. The van der Waals surface area contributed by atoms with E-state index in [-0.39, 0.29) is 22.8 Å². The van der Waals surface area contributed by atoms with Crippen LogP contribution in [0.2, 0.25) is 0 Å². The van der Waals surface area contributed by atoms with Gasteiger partial charge in [0.2, 0.25) is 0 Å². The molecule has 0 spiro atoms. The minimum Gasteiger partial charge on any atom is -0.444 e. The number of carbonyl (C=O) groups excluding carboxylic acids is 1. The van der Waals surface area contributed by atoms with Gasteiger partial charge >= 0.3 is 6.09 Å². The van der Waals surface area contributed by atoms with Crippen molar-refractivity contribution in [1.29, 1.82) is 0 Å². The van der Waals surface area contributed by atoms with Crippen LogP contribution in [0.25, 0.3) is 10.3 Å². The second kappa shape index (κ2) is 5.71. The number of benzene rings is 1. The highest BCUT2D eigenvalue weighted by Crippen LogP contribution is 2.21. The fraction of sp³-hybridized carbons (Fsp3) is 0.0769. The average Bonchev–Trinajstić information content (AvgIpc) is 2.90. The first kappa shape index (κ1) is 13.3. The molecule has 0 bridgehead atoms. The summed E-state index contributed by atoms with van der Waals surface area (Å²) in [6.45, 7) is 0.163. The molecule has 0 aliphatic carbocycles. The van der Waals surface area contributed by atoms with Gasteiger partial charge in [-0.15, -0.1) is 0 Å². The highest BCUT2D eigenvalue weighted by atomic mass is 32.1. The Morgan fingerprint density at radius 2 is 2.14 bits per heavy atom. The molecular weight excluding hydrogens is 292 g/mol. The maximum atomic E-state index is 11.7. The summed E-state index contributed by atoms with van der Waals surface area (Å²) in [6.07, 6.45) is 0.662. The van der Waals surface area contributed by atoms with Crippen molar-refractivity contribution >= 4 is 32.9 Å². The first-order valence-electron chi connectivity index (χ1n) is 6.04. The molecule has 2 N–H and O–H groups in total. The molecule has 2 heterocycles. The number of ether oxygens (including phenoxy) is 1. The molecule has 106 valence electrons. The number of amides is 1. The van der Waals surface area contributed by atoms with Crippen molar-refractivity contribution in [2.45, 2.75) is 6.61 Å². The van der Waals surface area contributed by atoms with Gasteiger partial charge in [0, 0.05) is 0 Å². The monoisotopic (exact) mass is 302 g/mol. The fourth-order valence-corrected chi connectivity index (χ4v) is 2.46. The maximum Gasteiger partial charge on any atom is 0.413 e. The van der Waals surface area contributed by atoms with Gasteiger partial charge in [-0.2, -0.15) is 0 Å². The van der Waals surface area contributed by atoms with Gasteiger partial charge in [-0.25, -0.2) is 14.8 Å². The predicted octanol–water partition coefficient (Wildman–Crippen LogP) is 2.13. The zero-order valence-corrected chi connectivity index (χ0v) is 11.5. The average molecular weight is 302 g/mol. The van der Waals surface area contributed by atoms with Crippen molar-refractivity contribution < 1.29 is 9.53 Å². The Kier molecular flexibility index (Phi) is 3.61. The predicted molar refractivity (Wildman–Crippen MR) is 78.3 cm³/mol. The summed E-state index contributed by atoms with van der Waals surface area (Å²) in [6, 6.07) is 9.32. The van der Waals surface area contributed by atoms with E-state index >= 15 is 0 Å². The maximum absolute atomic E-state index is 11.7. The summed E-state index contributed by atoms with van der Waals surface area (Å²) >= 11 is 1.11. The van der Waals surface area contributed by atoms with Gasteiger partial charge in [0.1, 0.15) is 6.61 Å². The number of fused-ring (bicyclic) bond motifs is 1. The van der Waals surface area contributed by atoms with Crippen LogP contribution in [0, 0.1) is 0 Å². The quantitative estimate of drug-likeness (QED) is 0.772. The van der Waals surface area contributed by atoms with E-state index < -0.39 is 6.09 Å². The number of nitrogens with zero attached hydrogens (tertiary/aromatic N) is 2. The molecule has 7 nitrogen and oxygen atoms in total. The van der Waals surface area contributed by atoms with E-state index in [0.717, 1.165) is 16.9 Å². The van der Waals surface area contributed by atoms with E-state index in [2.05, 4.69) is 20.3 Å². The largest absolute Gasteiger partial charge is 0.444 e. The summed E-state index contributed by atoms with van der Waals surface area (Å²) in [4.78, 5) is 34.0. The number of anilines is 1. The molecule has 8 heteroatoms. The molecule has 0 saturated heterocycles. The number of hydrogen-bond donors (Lipinski definition) is 2.